The maximum Gasteiger partial charge on any atom is 0.274 e. The van der Waals surface area contributed by atoms with Crippen LogP contribution < -0.4 is 26.6 Å². The largest absolute Gasteiger partial charge is 0.398 e. The van der Waals surface area contributed by atoms with E-state index in [0.29, 0.717) is 57.4 Å². The van der Waals surface area contributed by atoms with E-state index in [1.54, 1.807) is 56.3 Å². The summed E-state index contributed by atoms with van der Waals surface area (Å²) in [6.45, 7) is 8.87. The number of nitrogens with two attached hydrogens (primary N) is 1. The third kappa shape index (κ3) is 7.35. The van der Waals surface area contributed by atoms with Crippen molar-refractivity contribution in [2.24, 2.45) is 4.99 Å². The number of hydrogen-bond acceptors (Lipinski definition) is 12. The van der Waals surface area contributed by atoms with Crippen LogP contribution in [0.5, 0.6) is 0 Å². The first kappa shape index (κ1) is 39.6. The number of aliphatic hydroxyl groups is 1. The number of nitrogens with zero attached hydrogens (tertiary/aromatic N) is 7. The number of hydrogen-bond donors (Lipinski definition) is 5. The lowest BCUT2D eigenvalue weighted by atomic mass is 9.43. The Bertz CT molecular complexity index is 2430. The van der Waals surface area contributed by atoms with E-state index >= 15 is 4.39 Å². The summed E-state index contributed by atoms with van der Waals surface area (Å²) in [5.41, 5.74) is 9.69. The zero-order valence-corrected chi connectivity index (χ0v) is 33.9. The Morgan fingerprint density at radius 1 is 1.05 bits per heavy atom. The smallest absolute Gasteiger partial charge is 0.274 e. The van der Waals surface area contributed by atoms with Gasteiger partial charge in [0.2, 0.25) is 11.8 Å². The summed E-state index contributed by atoms with van der Waals surface area (Å²) in [5.74, 6) is -1.40. The molecule has 3 aliphatic carbocycles. The van der Waals surface area contributed by atoms with Crippen LogP contribution in [-0.4, -0.2) is 111 Å². The van der Waals surface area contributed by atoms with Crippen LogP contribution >= 0.6 is 0 Å². The van der Waals surface area contributed by atoms with Crippen molar-refractivity contribution in [1.29, 1.82) is 5.26 Å². The zero-order valence-electron chi connectivity index (χ0n) is 33.9. The van der Waals surface area contributed by atoms with Gasteiger partial charge in [0.05, 0.1) is 34.1 Å². The molecule has 6 aliphatic rings. The summed E-state index contributed by atoms with van der Waals surface area (Å²) >= 11 is 0. The Hall–Kier alpha value is -5.89. The highest BCUT2D eigenvalue weighted by atomic mass is 19.1. The van der Waals surface area contributed by atoms with Gasteiger partial charge in [-0.1, -0.05) is 0 Å². The molecular formula is C44H50FN11O4. The van der Waals surface area contributed by atoms with Crippen LogP contribution in [0.25, 0.3) is 5.52 Å². The number of nitrogen functional groups attached to an aromatic ring is 1. The standard InChI is InChI=1S/C44H50FN11O4/c1-42(2,60)32-20-34(47)28(18-36(32)51-41(59)38-7-4-31-17-27(21-46)22-49-56(31)38)23-48-43-24-44(25-43,26-43)55-15-13-53(14-16-55)30-9-11-54(12-10-30)37-6-3-29(19-33(37)45)50-35-5-8-39(57)52-40(35)58/h3-4,6-7,17-20,22-23,30,35,50,60H,5,8-16,24-26,47H2,1-2H3,(H,51,59)(H,52,57,58). The molecule has 2 aromatic carbocycles. The number of carbonyl (C=O) groups excluding carboxylic acids is 3. The molecule has 3 saturated carbocycles. The number of carbonyl (C=O) groups is 3. The summed E-state index contributed by atoms with van der Waals surface area (Å²) in [7, 11) is 0. The van der Waals surface area contributed by atoms with Gasteiger partial charge in [-0.2, -0.15) is 10.4 Å². The number of piperazine rings is 1. The van der Waals surface area contributed by atoms with Crippen LogP contribution in [0.4, 0.5) is 27.1 Å². The predicted molar refractivity (Wildman–Crippen MR) is 225 cm³/mol. The lowest BCUT2D eigenvalue weighted by Crippen LogP contribution is -2.79. The molecule has 0 spiro atoms. The van der Waals surface area contributed by atoms with Crippen LogP contribution in [-0.2, 0) is 15.2 Å². The van der Waals surface area contributed by atoms with Gasteiger partial charge in [0.25, 0.3) is 5.91 Å². The van der Waals surface area contributed by atoms with E-state index in [4.69, 9.17) is 10.7 Å². The van der Waals surface area contributed by atoms with Crippen molar-refractivity contribution in [3.63, 3.8) is 0 Å². The van der Waals surface area contributed by atoms with E-state index in [1.807, 2.05) is 6.21 Å². The van der Waals surface area contributed by atoms with E-state index in [9.17, 15) is 24.8 Å². The lowest BCUT2D eigenvalue weighted by Gasteiger charge is -2.72. The van der Waals surface area contributed by atoms with Crippen molar-refractivity contribution in [3.8, 4) is 6.07 Å². The Balaban J connectivity index is 0.770. The number of amides is 3. The zero-order chi connectivity index (χ0) is 42.0. The highest BCUT2D eigenvalue weighted by molar-refractivity contribution is 6.05. The van der Waals surface area contributed by atoms with Gasteiger partial charge in [0, 0.05) is 91.7 Å². The fraction of sp³-hybridized carbons (Fsp3) is 0.455. The van der Waals surface area contributed by atoms with Crippen molar-refractivity contribution >= 4 is 52.2 Å². The first-order chi connectivity index (χ1) is 28.7. The molecule has 10 rings (SSSR count). The highest BCUT2D eigenvalue weighted by Crippen LogP contribution is 2.66. The molecule has 2 bridgehead atoms. The maximum absolute atomic E-state index is 15.3. The summed E-state index contributed by atoms with van der Waals surface area (Å²) in [6.07, 6.45) is 8.78. The third-order valence-corrected chi connectivity index (χ3v) is 13.3. The van der Waals surface area contributed by atoms with E-state index in [1.165, 1.54) is 16.8 Å². The third-order valence-electron chi connectivity index (χ3n) is 13.3. The molecule has 16 heteroatoms. The van der Waals surface area contributed by atoms with Gasteiger partial charge in [-0.15, -0.1) is 0 Å². The van der Waals surface area contributed by atoms with Crippen LogP contribution in [0.3, 0.4) is 0 Å². The van der Waals surface area contributed by atoms with Gasteiger partial charge >= 0.3 is 0 Å². The quantitative estimate of drug-likeness (QED) is 0.0882. The van der Waals surface area contributed by atoms with Crippen LogP contribution in [0.2, 0.25) is 0 Å². The number of benzene rings is 2. The second-order valence-electron chi connectivity index (χ2n) is 17.7. The first-order valence-corrected chi connectivity index (χ1v) is 20.8. The highest BCUT2D eigenvalue weighted by Gasteiger charge is 2.70. The molecule has 0 radical (unpaired) electrons. The van der Waals surface area contributed by atoms with Crippen molar-refractivity contribution in [1.82, 2.24) is 24.7 Å². The van der Waals surface area contributed by atoms with Crippen LogP contribution in [0, 0.1) is 17.1 Å². The molecule has 60 heavy (non-hydrogen) atoms. The maximum atomic E-state index is 15.3. The molecule has 3 saturated heterocycles. The number of fused-ring (bicyclic) bond motifs is 1. The number of aromatic nitrogens is 2. The van der Waals surface area contributed by atoms with E-state index < -0.39 is 17.6 Å². The molecule has 3 amide bonds. The second-order valence-corrected chi connectivity index (χ2v) is 17.7. The molecular weight excluding hydrogens is 766 g/mol. The van der Waals surface area contributed by atoms with Crippen molar-refractivity contribution in [2.75, 3.05) is 60.5 Å². The number of rotatable bonds is 10. The monoisotopic (exact) mass is 815 g/mol. The Morgan fingerprint density at radius 2 is 1.80 bits per heavy atom. The van der Waals surface area contributed by atoms with Crippen molar-refractivity contribution in [2.45, 2.75) is 87.6 Å². The molecule has 1 atom stereocenters. The Kier molecular flexibility index (Phi) is 9.88. The summed E-state index contributed by atoms with van der Waals surface area (Å²) < 4.78 is 16.8. The molecule has 4 aromatic rings. The average Bonchev–Trinajstić information content (AvgIpc) is 3.62. The number of anilines is 4. The topological polar surface area (TPSA) is 197 Å². The predicted octanol–water partition coefficient (Wildman–Crippen LogP) is 4.00. The van der Waals surface area contributed by atoms with Gasteiger partial charge in [0.15, 0.2) is 0 Å². The minimum atomic E-state index is -1.29. The van der Waals surface area contributed by atoms with Gasteiger partial charge in [-0.3, -0.25) is 34.5 Å². The molecule has 3 aliphatic heterocycles. The minimum absolute atomic E-state index is 0.123. The Labute approximate surface area is 347 Å². The summed E-state index contributed by atoms with van der Waals surface area (Å²) in [4.78, 5) is 49.5. The second kappa shape index (κ2) is 15.0. The van der Waals surface area contributed by atoms with Crippen molar-refractivity contribution in [3.05, 3.63) is 82.9 Å². The van der Waals surface area contributed by atoms with Crippen LogP contribution in [0.15, 0.2) is 59.7 Å². The number of nitrogens with one attached hydrogen (secondary N) is 3. The number of nitriles is 1. The first-order valence-electron chi connectivity index (χ1n) is 20.8. The average molecular weight is 816 g/mol. The van der Waals surface area contributed by atoms with E-state index in [0.717, 1.165) is 71.4 Å². The van der Waals surface area contributed by atoms with E-state index in [2.05, 4.69) is 41.8 Å². The normalized spacial score (nSPS) is 25.1. The molecule has 312 valence electrons. The number of halogens is 1. The molecule has 2 aromatic heterocycles. The van der Waals surface area contributed by atoms with Gasteiger partial charge < -0.3 is 26.4 Å². The van der Waals surface area contributed by atoms with Gasteiger partial charge in [-0.05, 0) is 101 Å². The summed E-state index contributed by atoms with van der Waals surface area (Å²) in [5, 5.41) is 32.8. The molecule has 5 heterocycles. The minimum Gasteiger partial charge on any atom is -0.398 e. The number of piperidine rings is 2. The number of aliphatic imine (C=N–C) groups is 1. The van der Waals surface area contributed by atoms with Crippen molar-refractivity contribution < 1.29 is 23.9 Å². The van der Waals surface area contributed by atoms with Gasteiger partial charge in [-0.25, -0.2) is 8.91 Å². The fourth-order valence-electron chi connectivity index (χ4n) is 10.1. The van der Waals surface area contributed by atoms with E-state index in [-0.39, 0.29) is 40.8 Å². The van der Waals surface area contributed by atoms with Crippen LogP contribution in [0.1, 0.15) is 86.0 Å². The fourth-order valence-corrected chi connectivity index (χ4v) is 10.1. The lowest BCUT2D eigenvalue weighted by molar-refractivity contribution is -0.171. The SMILES string of the molecule is CC(C)(O)c1cc(N)c(C=NC23CC(N4CCN(C5CCN(c6ccc(NC7CCC(=O)NC7=O)cc6F)CC5)CC4)(C2)C3)cc1NC(=O)c1ccc2cc(C#N)cnn12. The summed E-state index contributed by atoms with van der Waals surface area (Å²) in [6, 6.07) is 15.5. The van der Waals surface area contributed by atoms with Gasteiger partial charge in [0.1, 0.15) is 23.6 Å². The number of imide groups is 1. The Morgan fingerprint density at radius 3 is 2.48 bits per heavy atom. The molecule has 6 fully saturated rings. The molecule has 15 nitrogen and oxygen atoms in total. The molecule has 1 unspecified atom stereocenters. The molecule has 6 N–H and O–H groups in total.